The highest BCUT2D eigenvalue weighted by molar-refractivity contribution is 7.99. The molecule has 4 heterocycles. The second-order valence-electron chi connectivity index (χ2n) is 15.6. The van der Waals surface area contributed by atoms with E-state index in [-0.39, 0.29) is 31.0 Å². The number of allylic oxidation sites excluding steroid dienone is 1. The highest BCUT2D eigenvalue weighted by Gasteiger charge is 2.62. The molecule has 16 nitrogen and oxygen atoms in total. The minimum absolute atomic E-state index is 0.00772. The number of aromatic nitrogens is 3. The van der Waals surface area contributed by atoms with Crippen molar-refractivity contribution in [2.75, 3.05) is 25.2 Å². The predicted molar refractivity (Wildman–Crippen MR) is 208 cm³/mol. The molecule has 3 N–H and O–H groups in total. The summed E-state index contributed by atoms with van der Waals surface area (Å²) in [6.45, 7) is 5.10. The zero-order valence-corrected chi connectivity index (χ0v) is 33.4. The van der Waals surface area contributed by atoms with Gasteiger partial charge in [-0.25, -0.2) is 17.9 Å². The molecule has 56 heavy (non-hydrogen) atoms. The Labute approximate surface area is 329 Å². The quantitative estimate of drug-likeness (QED) is 0.281. The van der Waals surface area contributed by atoms with Crippen molar-refractivity contribution < 1.29 is 41.8 Å². The first kappa shape index (κ1) is 39.4. The summed E-state index contributed by atoms with van der Waals surface area (Å²) in [7, 11) is -2.34. The smallest absolute Gasteiger partial charge is 0.408 e. The molecule has 1 saturated heterocycles. The van der Waals surface area contributed by atoms with Crippen LogP contribution >= 0.6 is 11.8 Å². The maximum absolute atomic E-state index is 14.6. The Morgan fingerprint density at radius 3 is 2.66 bits per heavy atom. The van der Waals surface area contributed by atoms with Gasteiger partial charge in [-0.05, 0) is 94.3 Å². The summed E-state index contributed by atoms with van der Waals surface area (Å²) >= 11 is 1.49. The lowest BCUT2D eigenvalue weighted by molar-refractivity contribution is -0.140. The molecule has 4 amide bonds. The molecule has 2 saturated carbocycles. The van der Waals surface area contributed by atoms with E-state index in [4.69, 9.17) is 19.2 Å². The van der Waals surface area contributed by atoms with Crippen LogP contribution in [0, 0.1) is 5.92 Å². The number of methoxy groups -OCH3 is 1. The Bertz CT molecular complexity index is 2140. The lowest BCUT2D eigenvalue weighted by atomic mass is 10.1. The first-order valence-electron chi connectivity index (χ1n) is 18.7. The van der Waals surface area contributed by atoms with E-state index in [2.05, 4.69) is 20.5 Å². The minimum Gasteiger partial charge on any atom is -0.497 e. The van der Waals surface area contributed by atoms with Gasteiger partial charge in [0.15, 0.2) is 5.82 Å². The Hall–Kier alpha value is -4.84. The largest absolute Gasteiger partial charge is 0.497 e. The monoisotopic (exact) mass is 809 g/mol. The second kappa shape index (κ2) is 15.6. The predicted octanol–water partition coefficient (Wildman–Crippen LogP) is 3.24. The average Bonchev–Trinajstić information content (AvgIpc) is 4.00. The highest BCUT2D eigenvalue weighted by Crippen LogP contribution is 2.46. The highest BCUT2D eigenvalue weighted by atomic mass is 32.2. The number of rotatable bonds is 8. The van der Waals surface area contributed by atoms with Crippen LogP contribution < -0.4 is 24.8 Å². The van der Waals surface area contributed by atoms with Crippen molar-refractivity contribution >= 4 is 56.4 Å². The van der Waals surface area contributed by atoms with Gasteiger partial charge in [0.1, 0.15) is 35.1 Å². The van der Waals surface area contributed by atoms with Crippen LogP contribution in [-0.4, -0.2) is 112 Å². The molecule has 2 aliphatic carbocycles. The van der Waals surface area contributed by atoms with E-state index in [1.807, 2.05) is 30.4 Å². The molecule has 0 bridgehead atoms. The number of carbonyl (C=O) groups excluding carboxylic acids is 4. The van der Waals surface area contributed by atoms with Crippen molar-refractivity contribution in [2.24, 2.45) is 5.92 Å². The van der Waals surface area contributed by atoms with Crippen LogP contribution in [0.25, 0.3) is 16.6 Å². The fourth-order valence-electron chi connectivity index (χ4n) is 7.02. The van der Waals surface area contributed by atoms with Crippen molar-refractivity contribution in [3.63, 3.8) is 0 Å². The van der Waals surface area contributed by atoms with E-state index < -0.39 is 74.3 Å². The van der Waals surface area contributed by atoms with Crippen LogP contribution in [0.1, 0.15) is 59.3 Å². The van der Waals surface area contributed by atoms with Crippen molar-refractivity contribution in [2.45, 2.75) is 93.9 Å². The second-order valence-corrected chi connectivity index (χ2v) is 18.7. The van der Waals surface area contributed by atoms with Crippen molar-refractivity contribution in [1.29, 1.82) is 0 Å². The number of pyridine rings is 1. The summed E-state index contributed by atoms with van der Waals surface area (Å²) < 4.78 is 47.1. The zero-order chi connectivity index (χ0) is 39.8. The lowest BCUT2D eigenvalue weighted by Gasteiger charge is -2.30. The molecule has 4 aliphatic rings. The summed E-state index contributed by atoms with van der Waals surface area (Å²) in [4.78, 5) is 62.0. The number of hydrogen-bond acceptors (Lipinski definition) is 12. The molecule has 2 aromatic heterocycles. The molecule has 7 rings (SSSR count). The van der Waals surface area contributed by atoms with E-state index in [9.17, 15) is 27.6 Å². The van der Waals surface area contributed by atoms with Gasteiger partial charge in [-0.3, -0.25) is 19.1 Å². The first-order chi connectivity index (χ1) is 26.7. The van der Waals surface area contributed by atoms with Crippen LogP contribution in [-0.2, 0) is 29.1 Å². The van der Waals surface area contributed by atoms with E-state index >= 15 is 0 Å². The third-order valence-electron chi connectivity index (χ3n) is 10.1. The number of nitrogens with zero attached hydrogens (tertiary/aromatic N) is 4. The SMILES string of the molecule is COc1ccc2c(OC3C[C@H]4C(=O)N[C@]5(C(=O)NS(=O)(=O)C6CC6)CC5/C=C\CCCSC[C@H](NC(=O)OC(C)(C)C)C(=O)N4C3)nc(-n3cccn3)cc2c1. The van der Waals surface area contributed by atoms with Crippen molar-refractivity contribution in [3.8, 4) is 17.4 Å². The topological polar surface area (TPSA) is 200 Å². The summed E-state index contributed by atoms with van der Waals surface area (Å²) in [6, 6.07) is 6.82. The van der Waals surface area contributed by atoms with Crippen LogP contribution in [0.2, 0.25) is 0 Å². The fourth-order valence-corrected chi connectivity index (χ4v) is 9.38. The number of amides is 4. The lowest BCUT2D eigenvalue weighted by Crippen LogP contribution is -2.58. The number of nitrogens with one attached hydrogen (secondary N) is 3. The van der Waals surface area contributed by atoms with E-state index in [0.717, 1.165) is 11.8 Å². The number of alkyl carbamates (subject to hydrolysis) is 1. The van der Waals surface area contributed by atoms with Crippen molar-refractivity contribution in [1.82, 2.24) is 35.0 Å². The van der Waals surface area contributed by atoms with Gasteiger partial charge < -0.3 is 29.7 Å². The van der Waals surface area contributed by atoms with Crippen LogP contribution in [0.15, 0.2) is 54.9 Å². The summed E-state index contributed by atoms with van der Waals surface area (Å²) in [5.74, 6) is -0.223. The molecule has 3 fully saturated rings. The number of fused-ring (bicyclic) bond motifs is 3. The molecular formula is C38H47N7O9S2. The minimum atomic E-state index is -3.91. The molecule has 0 radical (unpaired) electrons. The third-order valence-corrected chi connectivity index (χ3v) is 13.1. The zero-order valence-electron chi connectivity index (χ0n) is 31.7. The van der Waals surface area contributed by atoms with Gasteiger partial charge in [0, 0.05) is 35.9 Å². The summed E-state index contributed by atoms with van der Waals surface area (Å²) in [6.07, 6.45) is 8.15. The van der Waals surface area contributed by atoms with Gasteiger partial charge in [0.25, 0.3) is 5.91 Å². The maximum Gasteiger partial charge on any atom is 0.408 e. The average molecular weight is 810 g/mol. The normalized spacial score (nSPS) is 26.5. The third kappa shape index (κ3) is 8.75. The Morgan fingerprint density at radius 1 is 1.14 bits per heavy atom. The number of ether oxygens (including phenoxy) is 3. The molecule has 5 atom stereocenters. The number of thioether (sulfide) groups is 1. The molecule has 2 aliphatic heterocycles. The van der Waals surface area contributed by atoms with E-state index in [1.165, 1.54) is 16.7 Å². The molecular weight excluding hydrogens is 763 g/mol. The molecule has 1 aromatic carbocycles. The van der Waals surface area contributed by atoms with Gasteiger partial charge in [-0.2, -0.15) is 21.8 Å². The number of carbonyl (C=O) groups is 4. The number of benzene rings is 1. The Kier molecular flexibility index (Phi) is 11.0. The van der Waals surface area contributed by atoms with Crippen LogP contribution in [0.5, 0.6) is 11.6 Å². The number of sulfonamides is 1. The molecule has 3 aromatic rings. The standard InChI is InChI=1S/C38H47N7O9S2/c1-37(2,3)54-36(49)40-29-22-55-16-7-5-6-9-24-20-38(24,35(48)43-56(50,51)27-11-12-27)42-32(46)30-19-26(21-44(30)34(29)47)53-33-28-13-10-25(52-4)17-23(28)18-31(41-33)45-15-8-14-39-45/h6,8-10,13-15,17-18,24,26-27,29-30H,5,7,11-12,16,19-22H2,1-4H3,(H,40,49)(H,42,46)(H,43,48)/b9-6-/t24?,26?,29-,30-,38+/m0/s1. The fraction of sp³-hybridized carbons (Fsp3) is 0.526. The van der Waals surface area contributed by atoms with Crippen LogP contribution in [0.3, 0.4) is 0 Å². The molecule has 18 heteroatoms. The van der Waals surface area contributed by atoms with E-state index in [0.29, 0.717) is 42.0 Å². The van der Waals surface area contributed by atoms with Gasteiger partial charge >= 0.3 is 6.09 Å². The van der Waals surface area contributed by atoms with Gasteiger partial charge in [0.05, 0.1) is 18.9 Å². The van der Waals surface area contributed by atoms with Crippen LogP contribution in [0.4, 0.5) is 4.79 Å². The Morgan fingerprint density at radius 2 is 1.95 bits per heavy atom. The Balaban J connectivity index is 1.22. The van der Waals surface area contributed by atoms with Gasteiger partial charge in [0.2, 0.25) is 27.7 Å². The summed E-state index contributed by atoms with van der Waals surface area (Å²) in [5.41, 5.74) is -2.35. The van der Waals surface area contributed by atoms with Gasteiger partial charge in [-0.1, -0.05) is 12.2 Å². The summed E-state index contributed by atoms with van der Waals surface area (Å²) in [5, 5.41) is 10.7. The molecule has 0 spiro atoms. The first-order valence-corrected chi connectivity index (χ1v) is 21.4. The van der Waals surface area contributed by atoms with Gasteiger partial charge in [-0.15, -0.1) is 0 Å². The molecule has 2 unspecified atom stereocenters. The number of hydrogen-bond donors (Lipinski definition) is 3. The van der Waals surface area contributed by atoms with Crippen molar-refractivity contribution in [3.05, 3.63) is 54.9 Å². The molecule has 300 valence electrons. The maximum atomic E-state index is 14.6. The van der Waals surface area contributed by atoms with E-state index in [1.54, 1.807) is 57.1 Å².